The lowest BCUT2D eigenvalue weighted by atomic mass is 10.3. The van der Waals surface area contributed by atoms with Crippen molar-refractivity contribution >= 4 is 0 Å². The molecule has 0 aromatic rings. The Labute approximate surface area is 44.5 Å². The molecule has 1 aliphatic rings. The number of rotatable bonds is 1. The first-order valence-electron chi connectivity index (χ1n) is 2.72. The molecule has 0 amide bonds. The number of hydrazine groups is 1. The highest BCUT2D eigenvalue weighted by Gasteiger charge is 2.40. The number of nitrogens with zero attached hydrogens (tertiary/aromatic N) is 1. The Morgan fingerprint density at radius 1 is 1.57 bits per heavy atom. The normalized spacial score (nSPS) is 35.6. The molecule has 1 heterocycles. The third-order valence-corrected chi connectivity index (χ3v) is 1.35. The summed E-state index contributed by atoms with van der Waals surface area (Å²) in [4.78, 5) is 0. The van der Waals surface area contributed by atoms with Crippen LogP contribution in [0.1, 0.15) is 20.8 Å². The van der Waals surface area contributed by atoms with Crippen LogP contribution in [0.2, 0.25) is 0 Å². The average molecular weight is 100 g/mol. The van der Waals surface area contributed by atoms with Gasteiger partial charge in [0.15, 0.2) is 0 Å². The fraction of sp³-hybridized carbons (Fsp3) is 1.00. The highest BCUT2D eigenvalue weighted by Crippen LogP contribution is 2.20. The zero-order chi connectivity index (χ0) is 5.49. The molecule has 1 fully saturated rings. The van der Waals surface area contributed by atoms with Crippen LogP contribution in [-0.4, -0.2) is 17.2 Å². The van der Waals surface area contributed by atoms with Gasteiger partial charge in [-0.15, -0.1) is 0 Å². The summed E-state index contributed by atoms with van der Waals surface area (Å²) in [6.45, 7) is 7.57. The molecule has 0 bridgehead atoms. The number of hydrogen-bond acceptors (Lipinski definition) is 2. The zero-order valence-electron chi connectivity index (χ0n) is 5.15. The minimum absolute atomic E-state index is 0.300. The first-order valence-corrected chi connectivity index (χ1v) is 2.72. The van der Waals surface area contributed by atoms with Gasteiger partial charge in [0.2, 0.25) is 0 Å². The third kappa shape index (κ3) is 0.763. The highest BCUT2D eigenvalue weighted by molar-refractivity contribution is 4.87. The van der Waals surface area contributed by atoms with E-state index in [1.165, 1.54) is 0 Å². The predicted octanol–water partition coefficient (Wildman–Crippen LogP) is 0.563. The first kappa shape index (κ1) is 5.06. The second-order valence-electron chi connectivity index (χ2n) is 2.42. The van der Waals surface area contributed by atoms with E-state index in [2.05, 4.69) is 31.2 Å². The van der Waals surface area contributed by atoms with Gasteiger partial charge < -0.3 is 0 Å². The van der Waals surface area contributed by atoms with Crippen LogP contribution in [0.5, 0.6) is 0 Å². The van der Waals surface area contributed by atoms with Crippen LogP contribution >= 0.6 is 0 Å². The van der Waals surface area contributed by atoms with Gasteiger partial charge in [0.1, 0.15) is 0 Å². The van der Waals surface area contributed by atoms with Crippen molar-refractivity contribution in [3.8, 4) is 0 Å². The van der Waals surface area contributed by atoms with E-state index in [-0.39, 0.29) is 0 Å². The molecule has 0 saturated carbocycles. The Bertz CT molecular complexity index is 78.1. The quantitative estimate of drug-likeness (QED) is 0.487. The van der Waals surface area contributed by atoms with Crippen LogP contribution in [0.4, 0.5) is 0 Å². The molecular weight excluding hydrogens is 88.1 g/mol. The lowest BCUT2D eigenvalue weighted by molar-refractivity contribution is 0.459. The van der Waals surface area contributed by atoms with Crippen molar-refractivity contribution in [1.29, 1.82) is 0 Å². The molecule has 1 saturated heterocycles. The van der Waals surface area contributed by atoms with Crippen molar-refractivity contribution in [3.05, 3.63) is 0 Å². The van der Waals surface area contributed by atoms with Crippen LogP contribution in [0.15, 0.2) is 0 Å². The Morgan fingerprint density at radius 2 is 2.00 bits per heavy atom. The summed E-state index contributed by atoms with van der Waals surface area (Å²) >= 11 is 0. The standard InChI is InChI=1S/C5H12N2/c1-4-7-5(2,3)6-7/h6H,4H2,1-3H3. The molecule has 7 heavy (non-hydrogen) atoms. The fourth-order valence-corrected chi connectivity index (χ4v) is 0.780. The van der Waals surface area contributed by atoms with Gasteiger partial charge in [0.25, 0.3) is 0 Å². The summed E-state index contributed by atoms with van der Waals surface area (Å²) in [5.74, 6) is 0. The van der Waals surface area contributed by atoms with E-state index in [0.717, 1.165) is 6.54 Å². The molecule has 2 nitrogen and oxygen atoms in total. The van der Waals surface area contributed by atoms with E-state index in [4.69, 9.17) is 0 Å². The molecule has 1 N–H and O–H groups in total. The highest BCUT2D eigenvalue weighted by atomic mass is 15.8. The van der Waals surface area contributed by atoms with Crippen LogP contribution in [0.3, 0.4) is 0 Å². The van der Waals surface area contributed by atoms with Gasteiger partial charge in [-0.1, -0.05) is 6.92 Å². The van der Waals surface area contributed by atoms with E-state index in [1.807, 2.05) is 0 Å². The largest absolute Gasteiger partial charge is 0.233 e. The minimum atomic E-state index is 0.300. The molecule has 0 aromatic carbocycles. The smallest absolute Gasteiger partial charge is 0.0918 e. The summed E-state index contributed by atoms with van der Waals surface area (Å²) in [6, 6.07) is 0. The van der Waals surface area contributed by atoms with E-state index in [9.17, 15) is 0 Å². The molecule has 0 aliphatic carbocycles. The molecule has 1 aliphatic heterocycles. The topological polar surface area (TPSA) is 25.0 Å². The molecule has 2 heteroatoms. The second-order valence-corrected chi connectivity index (χ2v) is 2.42. The minimum Gasteiger partial charge on any atom is -0.233 e. The van der Waals surface area contributed by atoms with Gasteiger partial charge in [-0.25, -0.2) is 10.4 Å². The van der Waals surface area contributed by atoms with Crippen molar-refractivity contribution in [1.82, 2.24) is 10.4 Å². The fourth-order valence-electron chi connectivity index (χ4n) is 0.780. The van der Waals surface area contributed by atoms with Crippen LogP contribution in [0, 0.1) is 0 Å². The summed E-state index contributed by atoms with van der Waals surface area (Å²) in [5, 5.41) is 2.19. The molecule has 0 radical (unpaired) electrons. The van der Waals surface area contributed by atoms with Crippen molar-refractivity contribution in [3.63, 3.8) is 0 Å². The number of nitrogens with one attached hydrogen (secondary N) is 1. The maximum absolute atomic E-state index is 3.19. The second kappa shape index (κ2) is 1.20. The lowest BCUT2D eigenvalue weighted by Gasteiger charge is -1.94. The van der Waals surface area contributed by atoms with Crippen molar-refractivity contribution in [2.45, 2.75) is 26.4 Å². The third-order valence-electron chi connectivity index (χ3n) is 1.35. The van der Waals surface area contributed by atoms with Gasteiger partial charge in [-0.2, -0.15) is 0 Å². The van der Waals surface area contributed by atoms with Crippen molar-refractivity contribution in [2.75, 3.05) is 6.54 Å². The Morgan fingerprint density at radius 3 is 2.00 bits per heavy atom. The van der Waals surface area contributed by atoms with Gasteiger partial charge in [-0.3, -0.25) is 0 Å². The Hall–Kier alpha value is -0.0800. The summed E-state index contributed by atoms with van der Waals surface area (Å²) in [7, 11) is 0. The molecule has 1 atom stereocenters. The SMILES string of the molecule is CCN1NC1(C)C. The first-order chi connectivity index (χ1) is 3.17. The van der Waals surface area contributed by atoms with Gasteiger partial charge >= 0.3 is 0 Å². The van der Waals surface area contributed by atoms with Gasteiger partial charge in [0.05, 0.1) is 5.66 Å². The summed E-state index contributed by atoms with van der Waals surface area (Å²) in [6.07, 6.45) is 0. The summed E-state index contributed by atoms with van der Waals surface area (Å²) < 4.78 is 0. The van der Waals surface area contributed by atoms with Gasteiger partial charge in [-0.05, 0) is 13.8 Å². The van der Waals surface area contributed by atoms with E-state index < -0.39 is 0 Å². The Balaban J connectivity index is 2.30. The van der Waals surface area contributed by atoms with Gasteiger partial charge in [0, 0.05) is 6.54 Å². The maximum Gasteiger partial charge on any atom is 0.0918 e. The molecule has 0 spiro atoms. The van der Waals surface area contributed by atoms with Crippen molar-refractivity contribution < 1.29 is 0 Å². The summed E-state index contributed by atoms with van der Waals surface area (Å²) in [5.41, 5.74) is 3.49. The number of hydrogen-bond donors (Lipinski definition) is 1. The molecule has 0 aromatic heterocycles. The molecule has 1 unspecified atom stereocenters. The monoisotopic (exact) mass is 100 g/mol. The molecular formula is C5H12N2. The van der Waals surface area contributed by atoms with E-state index in [0.29, 0.717) is 5.66 Å². The van der Waals surface area contributed by atoms with E-state index in [1.54, 1.807) is 0 Å². The average Bonchev–Trinajstić information content (AvgIpc) is 2.13. The van der Waals surface area contributed by atoms with Crippen LogP contribution in [-0.2, 0) is 0 Å². The zero-order valence-corrected chi connectivity index (χ0v) is 5.15. The van der Waals surface area contributed by atoms with Crippen molar-refractivity contribution in [2.24, 2.45) is 0 Å². The van der Waals surface area contributed by atoms with E-state index >= 15 is 0 Å². The Kier molecular flexibility index (Phi) is 0.869. The van der Waals surface area contributed by atoms with Crippen LogP contribution in [0.25, 0.3) is 0 Å². The van der Waals surface area contributed by atoms with Crippen LogP contribution < -0.4 is 5.43 Å². The predicted molar refractivity (Wildman–Crippen MR) is 29.6 cm³/mol. The molecule has 1 rings (SSSR count). The lowest BCUT2D eigenvalue weighted by Crippen LogP contribution is -2.07. The maximum atomic E-state index is 3.19. The molecule has 42 valence electrons.